The Morgan fingerprint density at radius 2 is 2.30 bits per heavy atom. The lowest BCUT2D eigenvalue weighted by molar-refractivity contribution is 0.0302. The summed E-state index contributed by atoms with van der Waals surface area (Å²) in [5, 5.41) is 5.46. The van der Waals surface area contributed by atoms with E-state index in [1.807, 2.05) is 12.5 Å². The lowest BCUT2D eigenvalue weighted by atomic mass is 10.1. The summed E-state index contributed by atoms with van der Waals surface area (Å²) in [6.07, 6.45) is 7.64. The molecule has 0 saturated carbocycles. The van der Waals surface area contributed by atoms with Crippen LogP contribution in [-0.4, -0.2) is 35.4 Å². The molecule has 2 aromatic rings. The normalized spacial score (nSPS) is 16.6. The number of ether oxygens (including phenoxy) is 1. The maximum Gasteiger partial charge on any atom is 0.0951 e. The molecular weight excluding hydrogens is 270 g/mol. The Hall–Kier alpha value is -1.17. The molecule has 1 N–H and O–H groups in total. The van der Waals surface area contributed by atoms with E-state index in [0.29, 0.717) is 6.10 Å². The minimum absolute atomic E-state index is 0.454. The lowest BCUT2D eigenvalue weighted by Gasteiger charge is -2.23. The van der Waals surface area contributed by atoms with Crippen LogP contribution in [0.1, 0.15) is 19.3 Å². The van der Waals surface area contributed by atoms with Crippen LogP contribution in [0.25, 0.3) is 10.6 Å². The van der Waals surface area contributed by atoms with Gasteiger partial charge in [0, 0.05) is 13.2 Å². The van der Waals surface area contributed by atoms with Crippen molar-refractivity contribution in [2.24, 2.45) is 0 Å². The Bertz CT molecular complexity index is 503. The van der Waals surface area contributed by atoms with Gasteiger partial charge >= 0.3 is 0 Å². The van der Waals surface area contributed by atoms with Crippen LogP contribution in [0.3, 0.4) is 0 Å². The Balaban J connectivity index is 1.46. The summed E-state index contributed by atoms with van der Waals surface area (Å²) >= 11 is 1.76. The fourth-order valence-corrected chi connectivity index (χ4v) is 3.33. The monoisotopic (exact) mass is 291 g/mol. The van der Waals surface area contributed by atoms with Crippen LogP contribution in [0, 0.1) is 0 Å². The molecule has 0 amide bonds. The summed E-state index contributed by atoms with van der Waals surface area (Å²) in [7, 11) is 0. The van der Waals surface area contributed by atoms with Gasteiger partial charge in [-0.05, 0) is 43.8 Å². The zero-order valence-electron chi connectivity index (χ0n) is 11.6. The third-order valence-electron chi connectivity index (χ3n) is 3.67. The molecule has 5 heteroatoms. The number of imidazole rings is 1. The number of thiophene rings is 1. The Labute approximate surface area is 123 Å². The van der Waals surface area contributed by atoms with Crippen LogP contribution in [0.2, 0.25) is 0 Å². The predicted molar refractivity (Wildman–Crippen MR) is 82.0 cm³/mol. The predicted octanol–water partition coefficient (Wildman–Crippen LogP) is 2.77. The molecule has 1 aliphatic rings. The number of rotatable bonds is 6. The van der Waals surface area contributed by atoms with Gasteiger partial charge in [-0.15, -0.1) is 11.3 Å². The first kappa shape index (κ1) is 13.8. The average Bonchev–Trinajstić information content (AvgIpc) is 3.15. The van der Waals surface area contributed by atoms with Crippen LogP contribution in [-0.2, 0) is 11.3 Å². The van der Waals surface area contributed by atoms with Gasteiger partial charge in [-0.1, -0.05) is 6.07 Å². The molecule has 1 aliphatic heterocycles. The third kappa shape index (κ3) is 3.48. The van der Waals surface area contributed by atoms with Crippen molar-refractivity contribution in [3.63, 3.8) is 0 Å². The molecule has 2 aromatic heterocycles. The van der Waals surface area contributed by atoms with Gasteiger partial charge < -0.3 is 14.6 Å². The second-order valence-electron chi connectivity index (χ2n) is 5.12. The molecule has 20 heavy (non-hydrogen) atoms. The van der Waals surface area contributed by atoms with E-state index >= 15 is 0 Å². The Kier molecular flexibility index (Phi) is 4.84. The number of aryl methyl sites for hydroxylation is 1. The van der Waals surface area contributed by atoms with Gasteiger partial charge in [-0.3, -0.25) is 0 Å². The second kappa shape index (κ2) is 7.02. The molecule has 3 rings (SSSR count). The Morgan fingerprint density at radius 1 is 1.40 bits per heavy atom. The highest BCUT2D eigenvalue weighted by molar-refractivity contribution is 7.13. The van der Waals surface area contributed by atoms with E-state index in [9.17, 15) is 0 Å². The second-order valence-corrected chi connectivity index (χ2v) is 6.07. The largest absolute Gasteiger partial charge is 0.378 e. The molecule has 0 aromatic carbocycles. The average molecular weight is 291 g/mol. The number of piperidine rings is 1. The van der Waals surface area contributed by atoms with E-state index in [-0.39, 0.29) is 0 Å². The minimum Gasteiger partial charge on any atom is -0.378 e. The van der Waals surface area contributed by atoms with Gasteiger partial charge in [0.05, 0.1) is 29.2 Å². The summed E-state index contributed by atoms with van der Waals surface area (Å²) in [4.78, 5) is 5.55. The summed E-state index contributed by atoms with van der Waals surface area (Å²) in [5.74, 6) is 0. The molecule has 0 radical (unpaired) electrons. The van der Waals surface area contributed by atoms with E-state index in [0.717, 1.165) is 45.5 Å². The van der Waals surface area contributed by atoms with Crippen molar-refractivity contribution in [2.75, 3.05) is 19.7 Å². The van der Waals surface area contributed by atoms with Crippen LogP contribution in [0.15, 0.2) is 30.0 Å². The lowest BCUT2D eigenvalue weighted by Crippen LogP contribution is -2.32. The van der Waals surface area contributed by atoms with Crippen LogP contribution < -0.4 is 5.32 Å². The standard InChI is InChI=1S/C15H21N3OS/c1-3-15(20-10-1)14-11-17-12-18(14)8-2-9-19-13-4-6-16-7-5-13/h1,3,10-13,16H,2,4-9H2. The van der Waals surface area contributed by atoms with Gasteiger partial charge in [-0.25, -0.2) is 4.98 Å². The highest BCUT2D eigenvalue weighted by atomic mass is 32.1. The summed E-state index contributed by atoms with van der Waals surface area (Å²) < 4.78 is 8.16. The zero-order chi connectivity index (χ0) is 13.6. The molecule has 0 unspecified atom stereocenters. The number of aromatic nitrogens is 2. The van der Waals surface area contributed by atoms with E-state index in [1.54, 1.807) is 11.3 Å². The quantitative estimate of drug-likeness (QED) is 0.832. The summed E-state index contributed by atoms with van der Waals surface area (Å²) in [6, 6.07) is 4.22. The van der Waals surface area contributed by atoms with Crippen LogP contribution >= 0.6 is 11.3 Å². The molecule has 0 atom stereocenters. The highest BCUT2D eigenvalue weighted by Gasteiger charge is 2.12. The van der Waals surface area contributed by atoms with Crippen molar-refractivity contribution in [3.05, 3.63) is 30.0 Å². The fourth-order valence-electron chi connectivity index (χ4n) is 2.58. The molecule has 0 bridgehead atoms. The number of hydrogen-bond donors (Lipinski definition) is 1. The highest BCUT2D eigenvalue weighted by Crippen LogP contribution is 2.24. The van der Waals surface area contributed by atoms with Gasteiger partial charge in [0.2, 0.25) is 0 Å². The number of hydrogen-bond acceptors (Lipinski definition) is 4. The minimum atomic E-state index is 0.454. The van der Waals surface area contributed by atoms with Crippen molar-refractivity contribution in [2.45, 2.75) is 31.9 Å². The zero-order valence-corrected chi connectivity index (χ0v) is 12.4. The van der Waals surface area contributed by atoms with Gasteiger partial charge in [-0.2, -0.15) is 0 Å². The molecule has 3 heterocycles. The molecule has 4 nitrogen and oxygen atoms in total. The maximum atomic E-state index is 5.94. The van der Waals surface area contributed by atoms with Crippen molar-refractivity contribution >= 4 is 11.3 Å². The summed E-state index contributed by atoms with van der Waals surface area (Å²) in [6.45, 7) is 3.99. The molecule has 108 valence electrons. The molecule has 1 saturated heterocycles. The van der Waals surface area contributed by atoms with Crippen LogP contribution in [0.5, 0.6) is 0 Å². The Morgan fingerprint density at radius 3 is 3.10 bits per heavy atom. The van der Waals surface area contributed by atoms with Gasteiger partial charge in [0.15, 0.2) is 0 Å². The van der Waals surface area contributed by atoms with Crippen molar-refractivity contribution in [1.29, 1.82) is 0 Å². The molecule has 1 fully saturated rings. The van der Waals surface area contributed by atoms with Crippen molar-refractivity contribution < 1.29 is 4.74 Å². The smallest absolute Gasteiger partial charge is 0.0951 e. The van der Waals surface area contributed by atoms with Gasteiger partial charge in [0.25, 0.3) is 0 Å². The van der Waals surface area contributed by atoms with E-state index in [2.05, 4.69) is 32.4 Å². The maximum absolute atomic E-state index is 5.94. The van der Waals surface area contributed by atoms with E-state index in [4.69, 9.17) is 4.74 Å². The summed E-state index contributed by atoms with van der Waals surface area (Å²) in [5.41, 5.74) is 1.21. The van der Waals surface area contributed by atoms with Crippen molar-refractivity contribution in [3.8, 4) is 10.6 Å². The number of nitrogens with zero attached hydrogens (tertiary/aromatic N) is 2. The number of nitrogens with one attached hydrogen (secondary N) is 1. The van der Waals surface area contributed by atoms with Gasteiger partial charge in [0.1, 0.15) is 0 Å². The van der Waals surface area contributed by atoms with E-state index in [1.165, 1.54) is 10.6 Å². The first-order valence-corrected chi connectivity index (χ1v) is 8.18. The van der Waals surface area contributed by atoms with E-state index < -0.39 is 0 Å². The molecular formula is C15H21N3OS. The SMILES string of the molecule is c1csc(-c2cncn2CCCOC2CCNCC2)c1. The fraction of sp³-hybridized carbons (Fsp3) is 0.533. The first-order valence-electron chi connectivity index (χ1n) is 7.30. The molecule has 0 aliphatic carbocycles. The topological polar surface area (TPSA) is 39.1 Å². The first-order chi connectivity index (χ1) is 9.93. The third-order valence-corrected chi connectivity index (χ3v) is 4.56. The molecule has 0 spiro atoms. The van der Waals surface area contributed by atoms with Crippen molar-refractivity contribution in [1.82, 2.24) is 14.9 Å². The van der Waals surface area contributed by atoms with Crippen LogP contribution in [0.4, 0.5) is 0 Å².